The summed E-state index contributed by atoms with van der Waals surface area (Å²) in [4.78, 5) is 38.3. The van der Waals surface area contributed by atoms with Crippen LogP contribution in [0, 0.1) is 0 Å². The van der Waals surface area contributed by atoms with Crippen LogP contribution >= 0.6 is 0 Å². The van der Waals surface area contributed by atoms with Crippen LogP contribution in [-0.2, 0) is 10.3 Å². The molecule has 1 heterocycles. The predicted octanol–water partition coefficient (Wildman–Crippen LogP) is 3.13. The number of urea groups is 1. The molecule has 0 aliphatic carbocycles. The number of Topliss-reactive ketones (excluding diaryl/α,β-unsaturated/α-hetero) is 1. The van der Waals surface area contributed by atoms with Gasteiger partial charge in [0, 0.05) is 0 Å². The van der Waals surface area contributed by atoms with E-state index >= 15 is 0 Å². The lowest BCUT2D eigenvalue weighted by atomic mass is 9.87. The van der Waals surface area contributed by atoms with Gasteiger partial charge in [-0.1, -0.05) is 49.4 Å². The van der Waals surface area contributed by atoms with E-state index in [1.54, 1.807) is 24.3 Å². The summed E-state index contributed by atoms with van der Waals surface area (Å²) < 4.78 is 5.67. The van der Waals surface area contributed by atoms with E-state index in [1.165, 1.54) is 11.8 Å². The van der Waals surface area contributed by atoms with Crippen LogP contribution in [0.4, 0.5) is 4.79 Å². The van der Waals surface area contributed by atoms with Crippen LogP contribution in [0.5, 0.6) is 5.75 Å². The van der Waals surface area contributed by atoms with Crippen LogP contribution in [0.15, 0.2) is 54.6 Å². The SMILES string of the molecule is CC[C@]1(c2ccccc2)NC(=O)N(CCOc2ccccc2C(C)=O)C1=O. The Labute approximate surface area is 158 Å². The molecule has 2 aromatic carbocycles. The third-order valence-corrected chi connectivity index (χ3v) is 4.81. The molecular formula is C21H22N2O4. The van der Waals surface area contributed by atoms with Gasteiger partial charge in [0.15, 0.2) is 5.78 Å². The Hall–Kier alpha value is -3.15. The fourth-order valence-corrected chi connectivity index (χ4v) is 3.32. The Kier molecular flexibility index (Phi) is 5.26. The first-order valence-corrected chi connectivity index (χ1v) is 8.92. The number of carbonyl (C=O) groups excluding carboxylic acids is 3. The molecule has 27 heavy (non-hydrogen) atoms. The van der Waals surface area contributed by atoms with E-state index in [1.807, 2.05) is 37.3 Å². The number of hydrogen-bond acceptors (Lipinski definition) is 4. The van der Waals surface area contributed by atoms with Crippen LogP contribution in [0.3, 0.4) is 0 Å². The van der Waals surface area contributed by atoms with Crippen molar-refractivity contribution in [1.82, 2.24) is 10.2 Å². The van der Waals surface area contributed by atoms with E-state index in [0.29, 0.717) is 17.7 Å². The van der Waals surface area contributed by atoms with E-state index < -0.39 is 11.6 Å². The molecule has 6 heteroatoms. The summed E-state index contributed by atoms with van der Waals surface area (Å²) in [6, 6.07) is 15.7. The van der Waals surface area contributed by atoms with Gasteiger partial charge in [-0.3, -0.25) is 14.5 Å². The summed E-state index contributed by atoms with van der Waals surface area (Å²) in [5.41, 5.74) is 0.188. The molecule has 0 unspecified atom stereocenters. The normalized spacial score (nSPS) is 19.1. The van der Waals surface area contributed by atoms with Crippen LogP contribution in [0.1, 0.15) is 36.2 Å². The minimum Gasteiger partial charge on any atom is -0.491 e. The van der Waals surface area contributed by atoms with Crippen molar-refractivity contribution in [1.29, 1.82) is 0 Å². The van der Waals surface area contributed by atoms with Gasteiger partial charge in [-0.15, -0.1) is 0 Å². The zero-order valence-electron chi connectivity index (χ0n) is 15.4. The largest absolute Gasteiger partial charge is 0.491 e. The maximum atomic E-state index is 13.0. The number of carbonyl (C=O) groups is 3. The Morgan fingerprint density at radius 3 is 2.41 bits per heavy atom. The highest BCUT2D eigenvalue weighted by atomic mass is 16.5. The molecule has 0 spiro atoms. The summed E-state index contributed by atoms with van der Waals surface area (Å²) in [7, 11) is 0. The first kappa shape index (κ1) is 18.6. The maximum absolute atomic E-state index is 13.0. The van der Waals surface area contributed by atoms with Crippen molar-refractivity contribution in [3.05, 3.63) is 65.7 Å². The number of para-hydroxylation sites is 1. The fraction of sp³-hybridized carbons (Fsp3) is 0.286. The minimum absolute atomic E-state index is 0.102. The quantitative estimate of drug-likeness (QED) is 0.603. The van der Waals surface area contributed by atoms with Crippen molar-refractivity contribution in [2.75, 3.05) is 13.2 Å². The van der Waals surface area contributed by atoms with Crippen LogP contribution < -0.4 is 10.1 Å². The lowest BCUT2D eigenvalue weighted by molar-refractivity contribution is -0.132. The number of imide groups is 1. The molecule has 1 aliphatic heterocycles. The van der Waals surface area contributed by atoms with Gasteiger partial charge < -0.3 is 10.1 Å². The molecule has 1 atom stereocenters. The van der Waals surface area contributed by atoms with E-state index in [4.69, 9.17) is 4.74 Å². The van der Waals surface area contributed by atoms with Gasteiger partial charge in [0.05, 0.1) is 12.1 Å². The second-order valence-electron chi connectivity index (χ2n) is 6.41. The van der Waals surface area contributed by atoms with Gasteiger partial charge in [0.1, 0.15) is 17.9 Å². The maximum Gasteiger partial charge on any atom is 0.325 e. The standard InChI is InChI=1S/C21H22N2O4/c1-3-21(16-9-5-4-6-10-16)19(25)23(20(26)22-21)13-14-27-18-12-8-7-11-17(18)15(2)24/h4-12H,3,13-14H2,1-2H3,(H,22,26)/t21-/m1/s1. The molecule has 3 amide bonds. The Bertz CT molecular complexity index is 865. The van der Waals surface area contributed by atoms with Gasteiger partial charge in [0.25, 0.3) is 5.91 Å². The Morgan fingerprint density at radius 2 is 1.74 bits per heavy atom. The topological polar surface area (TPSA) is 75.7 Å². The summed E-state index contributed by atoms with van der Waals surface area (Å²) in [5, 5.41) is 2.84. The Balaban J connectivity index is 1.73. The smallest absolute Gasteiger partial charge is 0.325 e. The third-order valence-electron chi connectivity index (χ3n) is 4.81. The van der Waals surface area contributed by atoms with Crippen molar-refractivity contribution >= 4 is 17.7 Å². The molecular weight excluding hydrogens is 344 g/mol. The van der Waals surface area contributed by atoms with Gasteiger partial charge >= 0.3 is 6.03 Å². The Morgan fingerprint density at radius 1 is 1.07 bits per heavy atom. The fourth-order valence-electron chi connectivity index (χ4n) is 3.32. The average molecular weight is 366 g/mol. The lowest BCUT2D eigenvalue weighted by Gasteiger charge is -2.25. The van der Waals surface area contributed by atoms with E-state index in [2.05, 4.69) is 5.32 Å². The number of amides is 3. The highest BCUT2D eigenvalue weighted by molar-refractivity contribution is 6.07. The summed E-state index contributed by atoms with van der Waals surface area (Å²) in [6.07, 6.45) is 0.451. The summed E-state index contributed by atoms with van der Waals surface area (Å²) in [6.45, 7) is 3.55. The second kappa shape index (κ2) is 7.61. The second-order valence-corrected chi connectivity index (χ2v) is 6.41. The van der Waals surface area contributed by atoms with Crippen molar-refractivity contribution in [3.63, 3.8) is 0 Å². The molecule has 1 N–H and O–H groups in total. The molecule has 1 aliphatic rings. The van der Waals surface area contributed by atoms with Crippen molar-refractivity contribution < 1.29 is 19.1 Å². The molecule has 140 valence electrons. The number of nitrogens with one attached hydrogen (secondary N) is 1. The number of rotatable bonds is 7. The molecule has 3 rings (SSSR count). The van der Waals surface area contributed by atoms with E-state index in [0.717, 1.165) is 5.56 Å². The number of nitrogens with zero attached hydrogens (tertiary/aromatic N) is 1. The summed E-state index contributed by atoms with van der Waals surface area (Å²) in [5.74, 6) is 0.0567. The highest BCUT2D eigenvalue weighted by Crippen LogP contribution is 2.32. The van der Waals surface area contributed by atoms with Crippen molar-refractivity contribution in [3.8, 4) is 5.75 Å². The number of hydrogen-bond donors (Lipinski definition) is 1. The van der Waals surface area contributed by atoms with E-state index in [9.17, 15) is 14.4 Å². The van der Waals surface area contributed by atoms with Gasteiger partial charge in [-0.2, -0.15) is 0 Å². The van der Waals surface area contributed by atoms with Gasteiger partial charge in [-0.25, -0.2) is 4.79 Å². The minimum atomic E-state index is -1.05. The molecule has 0 bridgehead atoms. The zero-order valence-corrected chi connectivity index (χ0v) is 15.4. The number of ketones is 1. The third kappa shape index (κ3) is 3.43. The van der Waals surface area contributed by atoms with Crippen LogP contribution in [-0.4, -0.2) is 35.8 Å². The number of ether oxygens (including phenoxy) is 1. The van der Waals surface area contributed by atoms with Crippen molar-refractivity contribution in [2.45, 2.75) is 25.8 Å². The van der Waals surface area contributed by atoms with E-state index in [-0.39, 0.29) is 24.8 Å². The average Bonchev–Trinajstić information content (AvgIpc) is 2.94. The molecule has 0 radical (unpaired) electrons. The first-order valence-electron chi connectivity index (χ1n) is 8.92. The summed E-state index contributed by atoms with van der Waals surface area (Å²) >= 11 is 0. The zero-order chi connectivity index (χ0) is 19.4. The van der Waals surface area contributed by atoms with Crippen LogP contribution in [0.2, 0.25) is 0 Å². The molecule has 2 aromatic rings. The molecule has 0 saturated carbocycles. The van der Waals surface area contributed by atoms with Crippen molar-refractivity contribution in [2.24, 2.45) is 0 Å². The predicted molar refractivity (Wildman–Crippen MR) is 101 cm³/mol. The first-order chi connectivity index (χ1) is 13.0. The van der Waals surface area contributed by atoms with Gasteiger partial charge in [-0.05, 0) is 31.0 Å². The molecule has 1 saturated heterocycles. The van der Waals surface area contributed by atoms with Crippen LogP contribution in [0.25, 0.3) is 0 Å². The van der Waals surface area contributed by atoms with Gasteiger partial charge in [0.2, 0.25) is 0 Å². The molecule has 0 aromatic heterocycles. The molecule has 1 fully saturated rings. The number of benzene rings is 2. The monoisotopic (exact) mass is 366 g/mol. The molecule has 6 nitrogen and oxygen atoms in total. The lowest BCUT2D eigenvalue weighted by Crippen LogP contribution is -2.43. The highest BCUT2D eigenvalue weighted by Gasteiger charge is 2.50.